The summed E-state index contributed by atoms with van der Waals surface area (Å²) in [6.07, 6.45) is 1.14. The molecule has 0 unspecified atom stereocenters. The summed E-state index contributed by atoms with van der Waals surface area (Å²) in [5.41, 5.74) is 1.30. The molecule has 0 saturated heterocycles. The van der Waals surface area contributed by atoms with Crippen molar-refractivity contribution in [1.82, 2.24) is 4.57 Å². The van der Waals surface area contributed by atoms with Crippen molar-refractivity contribution in [3.8, 4) is 0 Å². The van der Waals surface area contributed by atoms with E-state index in [4.69, 9.17) is 0 Å². The van der Waals surface area contributed by atoms with Gasteiger partial charge in [-0.2, -0.15) is 0 Å². The van der Waals surface area contributed by atoms with Crippen molar-refractivity contribution < 1.29 is 0 Å². The quantitative estimate of drug-likeness (QED) is 0.632. The molecule has 0 spiro atoms. The van der Waals surface area contributed by atoms with E-state index >= 15 is 0 Å². The smallest absolute Gasteiger partial charge is 0.0864 e. The van der Waals surface area contributed by atoms with E-state index in [9.17, 15) is 0 Å². The van der Waals surface area contributed by atoms with E-state index < -0.39 is 0 Å². The molecule has 0 fully saturated rings. The SMILES string of the molecule is CCCn1c(S)c(I)c2ccccc21. The Morgan fingerprint density at radius 2 is 2.07 bits per heavy atom. The van der Waals surface area contributed by atoms with Crippen molar-refractivity contribution in [2.45, 2.75) is 24.9 Å². The zero-order valence-electron chi connectivity index (χ0n) is 8.00. The lowest BCUT2D eigenvalue weighted by Gasteiger charge is -2.04. The lowest BCUT2D eigenvalue weighted by atomic mass is 10.2. The maximum atomic E-state index is 4.56. The van der Waals surface area contributed by atoms with Crippen molar-refractivity contribution in [3.63, 3.8) is 0 Å². The standard InChI is InChI=1S/C11H12INS/c1-2-7-13-9-6-4-3-5-8(9)10(12)11(13)14/h3-6,14H,2,7H2,1H3. The van der Waals surface area contributed by atoms with E-state index in [-0.39, 0.29) is 0 Å². The van der Waals surface area contributed by atoms with Gasteiger partial charge in [-0.25, -0.2) is 0 Å². The second kappa shape index (κ2) is 4.14. The summed E-state index contributed by atoms with van der Waals surface area (Å²) in [5, 5.41) is 2.40. The second-order valence-corrected chi connectivity index (χ2v) is 4.81. The average molecular weight is 317 g/mol. The molecule has 0 aliphatic carbocycles. The van der Waals surface area contributed by atoms with Crippen LogP contribution in [0.1, 0.15) is 13.3 Å². The van der Waals surface area contributed by atoms with Crippen molar-refractivity contribution in [3.05, 3.63) is 27.8 Å². The molecule has 74 valence electrons. The summed E-state index contributed by atoms with van der Waals surface area (Å²) in [4.78, 5) is 0. The molecule has 1 aromatic heterocycles. The van der Waals surface area contributed by atoms with Crippen LogP contribution in [0.25, 0.3) is 10.9 Å². The van der Waals surface area contributed by atoms with E-state index in [0.29, 0.717) is 0 Å². The lowest BCUT2D eigenvalue weighted by Crippen LogP contribution is -1.96. The Balaban J connectivity index is 2.74. The maximum Gasteiger partial charge on any atom is 0.0864 e. The number of para-hydroxylation sites is 1. The summed E-state index contributed by atoms with van der Waals surface area (Å²) in [6, 6.07) is 8.47. The molecule has 1 heterocycles. The van der Waals surface area contributed by atoms with Crippen LogP contribution in [0.5, 0.6) is 0 Å². The summed E-state index contributed by atoms with van der Waals surface area (Å²) < 4.78 is 3.54. The van der Waals surface area contributed by atoms with E-state index in [1.807, 2.05) is 0 Å². The van der Waals surface area contributed by atoms with Crippen molar-refractivity contribution in [2.24, 2.45) is 0 Å². The highest BCUT2D eigenvalue weighted by Gasteiger charge is 2.10. The molecular formula is C11H12INS. The van der Waals surface area contributed by atoms with Gasteiger partial charge in [0.05, 0.1) is 8.60 Å². The first-order chi connectivity index (χ1) is 6.75. The Bertz CT molecular complexity index is 462. The van der Waals surface area contributed by atoms with Gasteiger partial charge in [0.15, 0.2) is 0 Å². The van der Waals surface area contributed by atoms with Gasteiger partial charge in [-0.1, -0.05) is 25.1 Å². The number of halogens is 1. The van der Waals surface area contributed by atoms with E-state index in [2.05, 4.69) is 71.0 Å². The first kappa shape index (κ1) is 10.4. The molecule has 3 heteroatoms. The molecule has 0 aliphatic heterocycles. The third-order valence-electron chi connectivity index (χ3n) is 2.33. The van der Waals surface area contributed by atoms with E-state index in [1.54, 1.807) is 0 Å². The van der Waals surface area contributed by atoms with Crippen LogP contribution in [0.2, 0.25) is 0 Å². The molecule has 0 radical (unpaired) electrons. The molecule has 0 N–H and O–H groups in total. The number of aromatic nitrogens is 1. The number of benzene rings is 1. The minimum atomic E-state index is 1.04. The van der Waals surface area contributed by atoms with Crippen LogP contribution in [-0.2, 0) is 6.54 Å². The fraction of sp³-hybridized carbons (Fsp3) is 0.273. The zero-order valence-corrected chi connectivity index (χ0v) is 11.0. The van der Waals surface area contributed by atoms with Gasteiger partial charge in [-0.3, -0.25) is 0 Å². The lowest BCUT2D eigenvalue weighted by molar-refractivity contribution is 0.654. The van der Waals surface area contributed by atoms with Crippen LogP contribution in [-0.4, -0.2) is 4.57 Å². The first-order valence-electron chi connectivity index (χ1n) is 4.71. The van der Waals surface area contributed by atoms with Gasteiger partial charge in [0.2, 0.25) is 0 Å². The molecule has 0 atom stereocenters. The number of hydrogen-bond acceptors (Lipinski definition) is 1. The molecule has 1 aromatic carbocycles. The predicted octanol–water partition coefficient (Wildman–Crippen LogP) is 3.94. The van der Waals surface area contributed by atoms with Gasteiger partial charge in [-0.05, 0) is 35.1 Å². The molecule has 0 amide bonds. The van der Waals surface area contributed by atoms with Crippen molar-refractivity contribution in [1.29, 1.82) is 0 Å². The summed E-state index contributed by atoms with van der Waals surface area (Å²) in [6.45, 7) is 3.23. The Hall–Kier alpha value is -0.160. The summed E-state index contributed by atoms with van der Waals surface area (Å²) in [5.74, 6) is 0. The first-order valence-corrected chi connectivity index (χ1v) is 6.24. The van der Waals surface area contributed by atoms with Crippen LogP contribution in [0.3, 0.4) is 0 Å². The van der Waals surface area contributed by atoms with Gasteiger partial charge in [0.1, 0.15) is 0 Å². The number of thiol groups is 1. The van der Waals surface area contributed by atoms with Crippen LogP contribution in [0, 0.1) is 3.57 Å². The molecule has 1 nitrogen and oxygen atoms in total. The molecule has 14 heavy (non-hydrogen) atoms. The number of rotatable bonds is 2. The van der Waals surface area contributed by atoms with Gasteiger partial charge < -0.3 is 4.57 Å². The van der Waals surface area contributed by atoms with E-state index in [0.717, 1.165) is 18.0 Å². The zero-order chi connectivity index (χ0) is 10.1. The number of aryl methyl sites for hydroxylation is 1. The second-order valence-electron chi connectivity index (χ2n) is 3.31. The molecule has 0 bridgehead atoms. The topological polar surface area (TPSA) is 4.93 Å². The predicted molar refractivity (Wildman–Crippen MR) is 72.2 cm³/mol. The molecule has 2 rings (SSSR count). The van der Waals surface area contributed by atoms with Crippen LogP contribution < -0.4 is 0 Å². The molecular weight excluding hydrogens is 305 g/mol. The Morgan fingerprint density at radius 3 is 2.79 bits per heavy atom. The van der Waals surface area contributed by atoms with Gasteiger partial charge >= 0.3 is 0 Å². The minimum absolute atomic E-state index is 1.04. The third-order valence-corrected chi connectivity index (χ3v) is 4.31. The Kier molecular flexibility index (Phi) is 3.07. The summed E-state index contributed by atoms with van der Waals surface area (Å²) in [7, 11) is 0. The van der Waals surface area contributed by atoms with Crippen LogP contribution in [0.4, 0.5) is 0 Å². The fourth-order valence-corrected chi connectivity index (χ4v) is 2.77. The fourth-order valence-electron chi connectivity index (χ4n) is 1.70. The van der Waals surface area contributed by atoms with Crippen LogP contribution in [0.15, 0.2) is 29.3 Å². The maximum absolute atomic E-state index is 4.56. The van der Waals surface area contributed by atoms with Crippen molar-refractivity contribution >= 4 is 46.1 Å². The monoisotopic (exact) mass is 317 g/mol. The Labute approximate surface area is 103 Å². The molecule has 2 aromatic rings. The molecule has 0 aliphatic rings. The largest absolute Gasteiger partial charge is 0.335 e. The Morgan fingerprint density at radius 1 is 1.36 bits per heavy atom. The van der Waals surface area contributed by atoms with Crippen molar-refractivity contribution in [2.75, 3.05) is 0 Å². The minimum Gasteiger partial charge on any atom is -0.335 e. The van der Waals surface area contributed by atoms with Gasteiger partial charge in [0.25, 0.3) is 0 Å². The highest BCUT2D eigenvalue weighted by Crippen LogP contribution is 2.29. The molecule has 0 saturated carbocycles. The van der Waals surface area contributed by atoms with Crippen LogP contribution >= 0.6 is 35.2 Å². The number of nitrogens with zero attached hydrogens (tertiary/aromatic N) is 1. The normalized spacial score (nSPS) is 11.1. The summed E-state index contributed by atoms with van der Waals surface area (Å²) >= 11 is 6.93. The highest BCUT2D eigenvalue weighted by molar-refractivity contribution is 14.1. The van der Waals surface area contributed by atoms with Gasteiger partial charge in [0, 0.05) is 17.4 Å². The average Bonchev–Trinajstić information content (AvgIpc) is 2.45. The number of fused-ring (bicyclic) bond motifs is 1. The number of hydrogen-bond donors (Lipinski definition) is 1. The van der Waals surface area contributed by atoms with E-state index in [1.165, 1.54) is 14.5 Å². The third kappa shape index (κ3) is 1.56. The van der Waals surface area contributed by atoms with Gasteiger partial charge in [-0.15, -0.1) is 12.6 Å². The highest BCUT2D eigenvalue weighted by atomic mass is 127.